The minimum atomic E-state index is -1.36. The molecular formula is C15H16ClFN2OS. The summed E-state index contributed by atoms with van der Waals surface area (Å²) in [4.78, 5) is 4.21. The highest BCUT2D eigenvalue weighted by Gasteiger charge is 2.26. The zero-order chi connectivity index (χ0) is 15.8. The third kappa shape index (κ3) is 3.54. The lowest BCUT2D eigenvalue weighted by Crippen LogP contribution is -2.25. The number of nitrogens with zero attached hydrogens (tertiary/aromatic N) is 2. The van der Waals surface area contributed by atoms with Crippen molar-refractivity contribution in [2.75, 3.05) is 0 Å². The SMILES string of the molecule is Cc1c(F)ccc2cc(C=N[S@+]([O-])C(C)(C)C)c(Cl)nc12. The lowest BCUT2D eigenvalue weighted by Gasteiger charge is -2.17. The molecule has 0 saturated heterocycles. The molecule has 112 valence electrons. The molecule has 0 amide bonds. The van der Waals surface area contributed by atoms with Crippen molar-refractivity contribution >= 4 is 40.1 Å². The van der Waals surface area contributed by atoms with Crippen LogP contribution in [0.2, 0.25) is 5.15 Å². The monoisotopic (exact) mass is 326 g/mol. The fourth-order valence-electron chi connectivity index (χ4n) is 1.70. The summed E-state index contributed by atoms with van der Waals surface area (Å²) in [5.41, 5.74) is 1.54. The molecule has 0 aliphatic heterocycles. The van der Waals surface area contributed by atoms with Crippen molar-refractivity contribution in [1.82, 2.24) is 4.98 Å². The number of aryl methyl sites for hydroxylation is 1. The van der Waals surface area contributed by atoms with Crippen molar-refractivity contribution in [3.8, 4) is 0 Å². The first kappa shape index (κ1) is 16.2. The van der Waals surface area contributed by atoms with E-state index in [1.165, 1.54) is 12.3 Å². The van der Waals surface area contributed by atoms with E-state index in [1.807, 2.05) is 20.8 Å². The molecule has 2 rings (SSSR count). The van der Waals surface area contributed by atoms with E-state index in [-0.39, 0.29) is 11.0 Å². The predicted molar refractivity (Wildman–Crippen MR) is 86.9 cm³/mol. The molecule has 0 aliphatic rings. The average Bonchev–Trinajstić information content (AvgIpc) is 2.40. The molecule has 1 aromatic carbocycles. The Kier molecular flexibility index (Phi) is 4.56. The second-order valence-electron chi connectivity index (χ2n) is 5.71. The number of halogens is 2. The highest BCUT2D eigenvalue weighted by atomic mass is 35.5. The van der Waals surface area contributed by atoms with Crippen LogP contribution in [-0.2, 0) is 11.4 Å². The lowest BCUT2D eigenvalue weighted by molar-refractivity contribution is 0.562. The van der Waals surface area contributed by atoms with Gasteiger partial charge in [-0.05, 0) is 45.9 Å². The normalized spacial score (nSPS) is 14.0. The van der Waals surface area contributed by atoms with Crippen LogP contribution >= 0.6 is 11.6 Å². The molecule has 0 unspecified atom stereocenters. The summed E-state index contributed by atoms with van der Waals surface area (Å²) in [5.74, 6) is -0.318. The zero-order valence-electron chi connectivity index (χ0n) is 12.3. The van der Waals surface area contributed by atoms with Crippen LogP contribution in [-0.4, -0.2) is 20.5 Å². The lowest BCUT2D eigenvalue weighted by atomic mass is 10.1. The Bertz CT molecular complexity index is 713. The van der Waals surface area contributed by atoms with Crippen LogP contribution in [0.15, 0.2) is 22.6 Å². The van der Waals surface area contributed by atoms with Gasteiger partial charge in [-0.15, -0.1) is 0 Å². The number of aromatic nitrogens is 1. The van der Waals surface area contributed by atoms with Gasteiger partial charge in [-0.1, -0.05) is 16.0 Å². The topological polar surface area (TPSA) is 48.3 Å². The third-order valence-corrected chi connectivity index (χ3v) is 4.61. The molecule has 0 spiro atoms. The van der Waals surface area contributed by atoms with Crippen LogP contribution in [0.3, 0.4) is 0 Å². The van der Waals surface area contributed by atoms with E-state index in [4.69, 9.17) is 11.6 Å². The van der Waals surface area contributed by atoms with Gasteiger partial charge in [0.1, 0.15) is 27.1 Å². The first-order chi connectivity index (χ1) is 9.70. The number of hydrogen-bond donors (Lipinski definition) is 0. The quantitative estimate of drug-likeness (QED) is 0.471. The van der Waals surface area contributed by atoms with Crippen molar-refractivity contribution in [2.45, 2.75) is 32.4 Å². The number of rotatable bonds is 2. The predicted octanol–water partition coefficient (Wildman–Crippen LogP) is 4.22. The van der Waals surface area contributed by atoms with Crippen molar-refractivity contribution in [3.05, 3.63) is 40.3 Å². The zero-order valence-corrected chi connectivity index (χ0v) is 13.8. The van der Waals surface area contributed by atoms with Gasteiger partial charge in [-0.3, -0.25) is 0 Å². The first-order valence-electron chi connectivity index (χ1n) is 6.41. The summed E-state index contributed by atoms with van der Waals surface area (Å²) in [6.45, 7) is 7.18. The summed E-state index contributed by atoms with van der Waals surface area (Å²) >= 11 is 4.74. The van der Waals surface area contributed by atoms with Crippen LogP contribution in [0.1, 0.15) is 31.9 Å². The minimum Gasteiger partial charge on any atom is -0.591 e. The second kappa shape index (κ2) is 5.91. The third-order valence-electron chi connectivity index (χ3n) is 2.97. The maximum absolute atomic E-state index is 13.5. The van der Waals surface area contributed by atoms with Crippen LogP contribution in [0.25, 0.3) is 10.9 Å². The molecule has 3 nitrogen and oxygen atoms in total. The molecule has 1 heterocycles. The van der Waals surface area contributed by atoms with Gasteiger partial charge >= 0.3 is 0 Å². The Hall–Kier alpha value is -1.17. The van der Waals surface area contributed by atoms with E-state index < -0.39 is 16.1 Å². The van der Waals surface area contributed by atoms with E-state index >= 15 is 0 Å². The highest BCUT2D eigenvalue weighted by molar-refractivity contribution is 7.91. The molecule has 0 N–H and O–H groups in total. The number of fused-ring (bicyclic) bond motifs is 1. The Labute approximate surface area is 131 Å². The van der Waals surface area contributed by atoms with E-state index in [1.54, 1.807) is 19.1 Å². The fraction of sp³-hybridized carbons (Fsp3) is 0.333. The van der Waals surface area contributed by atoms with Gasteiger partial charge in [0.05, 0.1) is 11.7 Å². The number of hydrogen-bond acceptors (Lipinski definition) is 3. The minimum absolute atomic E-state index is 0.214. The smallest absolute Gasteiger partial charge is 0.144 e. The summed E-state index contributed by atoms with van der Waals surface area (Å²) in [5, 5.41) is 0.979. The van der Waals surface area contributed by atoms with E-state index in [0.29, 0.717) is 16.6 Å². The Morgan fingerprint density at radius 1 is 1.38 bits per heavy atom. The average molecular weight is 327 g/mol. The van der Waals surface area contributed by atoms with Gasteiger partial charge in [0.25, 0.3) is 0 Å². The molecule has 0 aliphatic carbocycles. The summed E-state index contributed by atoms with van der Waals surface area (Å²) in [7, 11) is 0. The van der Waals surface area contributed by atoms with Gasteiger partial charge in [0.2, 0.25) is 0 Å². The van der Waals surface area contributed by atoms with Crippen molar-refractivity contribution in [3.63, 3.8) is 0 Å². The molecular weight excluding hydrogens is 311 g/mol. The maximum atomic E-state index is 13.5. The van der Waals surface area contributed by atoms with E-state index in [9.17, 15) is 8.94 Å². The molecule has 2 aromatic rings. The molecule has 0 saturated carbocycles. The van der Waals surface area contributed by atoms with Crippen LogP contribution in [0.4, 0.5) is 4.39 Å². The number of benzene rings is 1. The summed E-state index contributed by atoms with van der Waals surface area (Å²) < 4.78 is 29.0. The Morgan fingerprint density at radius 3 is 2.67 bits per heavy atom. The summed E-state index contributed by atoms with van der Waals surface area (Å²) in [6, 6.07) is 4.79. The van der Waals surface area contributed by atoms with Crippen molar-refractivity contribution in [1.29, 1.82) is 0 Å². The van der Waals surface area contributed by atoms with Gasteiger partial charge in [0.15, 0.2) is 0 Å². The van der Waals surface area contributed by atoms with Crippen molar-refractivity contribution < 1.29 is 8.94 Å². The molecule has 1 atom stereocenters. The largest absolute Gasteiger partial charge is 0.591 e. The first-order valence-corrected chi connectivity index (χ1v) is 7.90. The molecule has 1 aromatic heterocycles. The Morgan fingerprint density at radius 2 is 2.05 bits per heavy atom. The highest BCUT2D eigenvalue weighted by Crippen LogP contribution is 2.24. The fourth-order valence-corrected chi connectivity index (χ4v) is 2.42. The van der Waals surface area contributed by atoms with Crippen LogP contribution < -0.4 is 0 Å². The molecule has 21 heavy (non-hydrogen) atoms. The van der Waals surface area contributed by atoms with Crippen LogP contribution in [0.5, 0.6) is 0 Å². The van der Waals surface area contributed by atoms with E-state index in [0.717, 1.165) is 5.39 Å². The molecule has 0 bridgehead atoms. The van der Waals surface area contributed by atoms with Crippen molar-refractivity contribution in [2.24, 2.45) is 4.40 Å². The van der Waals surface area contributed by atoms with Gasteiger partial charge in [-0.2, -0.15) is 0 Å². The molecule has 0 fully saturated rings. The van der Waals surface area contributed by atoms with Gasteiger partial charge < -0.3 is 4.55 Å². The molecule has 6 heteroatoms. The maximum Gasteiger partial charge on any atom is 0.144 e. The Balaban J connectivity index is 2.45. The van der Waals surface area contributed by atoms with Crippen LogP contribution in [0, 0.1) is 12.7 Å². The summed E-state index contributed by atoms with van der Waals surface area (Å²) in [6.07, 6.45) is 1.45. The number of pyridine rings is 1. The van der Waals surface area contributed by atoms with E-state index in [2.05, 4.69) is 9.38 Å². The standard InChI is InChI=1S/C15H16ClFN2OS/c1-9-12(17)6-5-10-7-11(14(16)19-13(9)10)8-18-21(20)15(2,3)4/h5-8H,1-4H3/t21-/m1/s1. The van der Waals surface area contributed by atoms with Gasteiger partial charge in [0, 0.05) is 16.5 Å². The van der Waals surface area contributed by atoms with Gasteiger partial charge in [-0.25, -0.2) is 9.37 Å². The molecule has 0 radical (unpaired) electrons. The second-order valence-corrected chi connectivity index (χ2v) is 8.00.